The Kier molecular flexibility index (Phi) is 3.09. The first-order chi connectivity index (χ1) is 14.1. The third kappa shape index (κ3) is 2.10. The highest BCUT2D eigenvalue weighted by molar-refractivity contribution is 7.20. The second kappa shape index (κ2) is 5.48. The van der Waals surface area contributed by atoms with Crippen LogP contribution in [0.5, 0.6) is 0 Å². The lowest BCUT2D eigenvalue weighted by Crippen LogP contribution is -2.43. The number of thiazole rings is 1. The lowest BCUT2D eigenvalue weighted by molar-refractivity contribution is -0.125. The van der Waals surface area contributed by atoms with Crippen LogP contribution in [0.15, 0.2) is 48.7 Å². The predicted molar refractivity (Wildman–Crippen MR) is 106 cm³/mol. The average Bonchev–Trinajstić information content (AvgIpc) is 3.36. The van der Waals surface area contributed by atoms with Gasteiger partial charge in [0.15, 0.2) is 0 Å². The minimum absolute atomic E-state index is 0.0734. The molecular formula is C20H12FN5O2S. The van der Waals surface area contributed by atoms with Crippen molar-refractivity contribution in [1.29, 1.82) is 0 Å². The molecule has 4 aromatic rings. The minimum atomic E-state index is -1.24. The molecule has 4 heterocycles. The van der Waals surface area contributed by atoms with Gasteiger partial charge in [0.1, 0.15) is 17.1 Å². The van der Waals surface area contributed by atoms with Gasteiger partial charge in [0.05, 0.1) is 16.4 Å². The van der Waals surface area contributed by atoms with Crippen molar-refractivity contribution in [3.8, 4) is 5.13 Å². The molecule has 0 saturated heterocycles. The van der Waals surface area contributed by atoms with Crippen molar-refractivity contribution in [3.05, 3.63) is 65.6 Å². The fourth-order valence-electron chi connectivity index (χ4n) is 4.18. The summed E-state index contributed by atoms with van der Waals surface area (Å²) in [6.45, 7) is 0. The standard InChI is InChI=1S/C20H12FN5O2S/c21-10-5-6-11-14(7-10)23-18(28)20(11)8-16(27)25-17-12(20)9-22-26(17)19-24-13-3-1-2-4-15(13)29-19/h1-7,9H,8H2,(H,23,28)(H,25,27)/t20-/m1/s1. The molecule has 0 bridgehead atoms. The summed E-state index contributed by atoms with van der Waals surface area (Å²) in [6, 6.07) is 11.8. The fourth-order valence-corrected chi connectivity index (χ4v) is 5.11. The van der Waals surface area contributed by atoms with Crippen molar-refractivity contribution in [2.75, 3.05) is 10.6 Å². The van der Waals surface area contributed by atoms with Gasteiger partial charge in [-0.15, -0.1) is 0 Å². The second-order valence-corrected chi connectivity index (χ2v) is 8.07. The van der Waals surface area contributed by atoms with Crippen LogP contribution in [0.25, 0.3) is 15.3 Å². The molecule has 2 aliphatic rings. The maximum absolute atomic E-state index is 13.7. The molecule has 2 aliphatic heterocycles. The van der Waals surface area contributed by atoms with Gasteiger partial charge in [-0.05, 0) is 29.8 Å². The molecule has 9 heteroatoms. The quantitative estimate of drug-likeness (QED) is 0.509. The largest absolute Gasteiger partial charge is 0.325 e. The number of amides is 2. The van der Waals surface area contributed by atoms with Gasteiger partial charge in [0.2, 0.25) is 16.9 Å². The van der Waals surface area contributed by atoms with Gasteiger partial charge in [-0.1, -0.05) is 29.5 Å². The van der Waals surface area contributed by atoms with Crippen molar-refractivity contribution in [2.45, 2.75) is 11.8 Å². The number of nitrogens with one attached hydrogen (secondary N) is 2. The maximum atomic E-state index is 13.7. The van der Waals surface area contributed by atoms with Crippen LogP contribution in [0.4, 0.5) is 15.9 Å². The first kappa shape index (κ1) is 16.4. The molecule has 6 rings (SSSR count). The Morgan fingerprint density at radius 1 is 1.10 bits per heavy atom. The van der Waals surface area contributed by atoms with Gasteiger partial charge >= 0.3 is 0 Å². The van der Waals surface area contributed by atoms with Crippen LogP contribution in [0.2, 0.25) is 0 Å². The number of hydrogen-bond acceptors (Lipinski definition) is 5. The number of para-hydroxylation sites is 1. The summed E-state index contributed by atoms with van der Waals surface area (Å²) in [5, 5.41) is 10.6. The molecule has 0 saturated carbocycles. The third-order valence-electron chi connectivity index (χ3n) is 5.45. The summed E-state index contributed by atoms with van der Waals surface area (Å²) < 4.78 is 16.2. The van der Waals surface area contributed by atoms with E-state index in [4.69, 9.17) is 0 Å². The number of anilines is 2. The van der Waals surface area contributed by atoms with Gasteiger partial charge in [0.25, 0.3) is 0 Å². The van der Waals surface area contributed by atoms with Crippen molar-refractivity contribution in [3.63, 3.8) is 0 Å². The number of nitrogens with zero attached hydrogens (tertiary/aromatic N) is 3. The van der Waals surface area contributed by atoms with Gasteiger partial charge in [-0.2, -0.15) is 9.78 Å². The molecule has 2 aromatic carbocycles. The number of carbonyl (C=O) groups is 2. The lowest BCUT2D eigenvalue weighted by atomic mass is 9.72. The van der Waals surface area contributed by atoms with E-state index in [0.717, 1.165) is 10.2 Å². The van der Waals surface area contributed by atoms with E-state index in [1.165, 1.54) is 23.5 Å². The summed E-state index contributed by atoms with van der Waals surface area (Å²) in [5.41, 5.74) is 1.11. The molecule has 2 N–H and O–H groups in total. The molecule has 2 aromatic heterocycles. The molecular weight excluding hydrogens is 393 g/mol. The molecule has 0 fully saturated rings. The summed E-state index contributed by atoms with van der Waals surface area (Å²) in [6.07, 6.45) is 1.51. The van der Waals surface area contributed by atoms with Crippen LogP contribution < -0.4 is 10.6 Å². The smallest absolute Gasteiger partial charge is 0.240 e. The number of halogens is 1. The van der Waals surface area contributed by atoms with Crippen LogP contribution >= 0.6 is 11.3 Å². The molecule has 1 atom stereocenters. The summed E-state index contributed by atoms with van der Waals surface area (Å²) in [7, 11) is 0. The van der Waals surface area contributed by atoms with Gasteiger partial charge in [-0.25, -0.2) is 9.37 Å². The normalized spacial score (nSPS) is 19.9. The highest BCUT2D eigenvalue weighted by Crippen LogP contribution is 2.50. The van der Waals surface area contributed by atoms with Gasteiger partial charge in [0, 0.05) is 17.7 Å². The number of aromatic nitrogens is 3. The number of fused-ring (bicyclic) bond motifs is 5. The average molecular weight is 405 g/mol. The fraction of sp³-hybridized carbons (Fsp3) is 0.100. The number of hydrogen-bond donors (Lipinski definition) is 2. The highest BCUT2D eigenvalue weighted by Gasteiger charge is 2.54. The summed E-state index contributed by atoms with van der Waals surface area (Å²) >= 11 is 1.44. The van der Waals surface area contributed by atoms with E-state index in [9.17, 15) is 14.0 Å². The van der Waals surface area contributed by atoms with Crippen molar-refractivity contribution >= 4 is 44.9 Å². The monoisotopic (exact) mass is 405 g/mol. The lowest BCUT2D eigenvalue weighted by Gasteiger charge is -2.31. The van der Waals surface area contributed by atoms with E-state index in [1.54, 1.807) is 16.9 Å². The molecule has 2 amide bonds. The van der Waals surface area contributed by atoms with E-state index < -0.39 is 11.2 Å². The molecule has 0 unspecified atom stereocenters. The van der Waals surface area contributed by atoms with E-state index in [1.807, 2.05) is 24.3 Å². The van der Waals surface area contributed by atoms with Gasteiger partial charge in [-0.3, -0.25) is 9.59 Å². The Labute approximate surface area is 167 Å². The SMILES string of the molecule is O=C1C[C@]2(C(=O)Nc3cc(F)ccc32)c2cnn(-c3nc4ccccc4s3)c2N1. The highest BCUT2D eigenvalue weighted by atomic mass is 32.1. The van der Waals surface area contributed by atoms with Crippen LogP contribution in [0.3, 0.4) is 0 Å². The van der Waals surface area contributed by atoms with Crippen molar-refractivity contribution < 1.29 is 14.0 Å². The predicted octanol–water partition coefficient (Wildman–Crippen LogP) is 3.20. The third-order valence-corrected chi connectivity index (χ3v) is 6.47. The molecule has 7 nitrogen and oxygen atoms in total. The Hall–Kier alpha value is -3.59. The Bertz CT molecular complexity index is 1330. The van der Waals surface area contributed by atoms with Crippen molar-refractivity contribution in [2.24, 2.45) is 0 Å². The Morgan fingerprint density at radius 2 is 1.97 bits per heavy atom. The van der Waals surface area contributed by atoms with E-state index in [2.05, 4.69) is 20.7 Å². The topological polar surface area (TPSA) is 88.9 Å². The van der Waals surface area contributed by atoms with Crippen molar-refractivity contribution in [1.82, 2.24) is 14.8 Å². The number of carbonyl (C=O) groups excluding carboxylic acids is 2. The molecule has 29 heavy (non-hydrogen) atoms. The zero-order chi connectivity index (χ0) is 19.8. The zero-order valence-electron chi connectivity index (χ0n) is 14.8. The Morgan fingerprint density at radius 3 is 2.83 bits per heavy atom. The van der Waals surface area contributed by atoms with E-state index in [0.29, 0.717) is 27.8 Å². The number of rotatable bonds is 1. The minimum Gasteiger partial charge on any atom is -0.325 e. The molecule has 142 valence electrons. The number of benzene rings is 2. The first-order valence-electron chi connectivity index (χ1n) is 8.92. The van der Waals surface area contributed by atoms with Gasteiger partial charge < -0.3 is 10.6 Å². The second-order valence-electron chi connectivity index (χ2n) is 7.06. The first-order valence-corrected chi connectivity index (χ1v) is 9.74. The molecule has 0 radical (unpaired) electrons. The van der Waals surface area contributed by atoms with Crippen LogP contribution in [0, 0.1) is 5.82 Å². The molecule has 1 spiro atoms. The van der Waals surface area contributed by atoms with Crippen LogP contribution in [0.1, 0.15) is 17.5 Å². The summed E-state index contributed by atoms with van der Waals surface area (Å²) in [4.78, 5) is 30.3. The van der Waals surface area contributed by atoms with Crippen LogP contribution in [-0.4, -0.2) is 26.6 Å². The molecule has 0 aliphatic carbocycles. The Balaban J connectivity index is 1.59. The maximum Gasteiger partial charge on any atom is 0.240 e. The van der Waals surface area contributed by atoms with Crippen LogP contribution in [-0.2, 0) is 15.0 Å². The van der Waals surface area contributed by atoms with E-state index in [-0.39, 0.29) is 18.2 Å². The summed E-state index contributed by atoms with van der Waals surface area (Å²) in [5.74, 6) is -0.717. The zero-order valence-corrected chi connectivity index (χ0v) is 15.6. The van der Waals surface area contributed by atoms with E-state index >= 15 is 0 Å².